The molecule has 0 rings (SSSR count). The van der Waals surface area contributed by atoms with Crippen molar-refractivity contribution >= 4 is 13.7 Å². The van der Waals surface area contributed by atoms with Gasteiger partial charge in [-0.3, -0.25) is 13.8 Å². The second-order valence-electron chi connectivity index (χ2n) is 11.8. The minimum Gasteiger partial charge on any atom is -0.387 e. The van der Waals surface area contributed by atoms with Crippen LogP contribution in [0.2, 0.25) is 0 Å². The monoisotopic (exact) mass is 601 g/mol. The number of carbonyl (C=O) groups is 1. The average Bonchev–Trinajstić information content (AvgIpc) is 2.90. The van der Waals surface area contributed by atoms with E-state index in [9.17, 15) is 19.4 Å². The highest BCUT2D eigenvalue weighted by Gasteiger charge is 2.27. The number of allylic oxidation sites excluding steroid dienone is 5. The van der Waals surface area contributed by atoms with Crippen molar-refractivity contribution < 1.29 is 32.9 Å². The maximum Gasteiger partial charge on any atom is 0.472 e. The van der Waals surface area contributed by atoms with Crippen LogP contribution in [0.1, 0.15) is 110 Å². The number of phosphoric ester groups is 1. The Kier molecular flexibility index (Phi) is 24.5. The molecule has 0 aromatic heterocycles. The lowest BCUT2D eigenvalue weighted by Gasteiger charge is -2.25. The van der Waals surface area contributed by atoms with Crippen molar-refractivity contribution in [2.75, 3.05) is 40.9 Å². The van der Waals surface area contributed by atoms with Gasteiger partial charge in [0.2, 0.25) is 5.91 Å². The molecule has 3 unspecified atom stereocenters. The number of quaternary nitrogens is 1. The molecule has 0 aromatic carbocycles. The molecule has 9 heteroatoms. The minimum atomic E-state index is -4.32. The summed E-state index contributed by atoms with van der Waals surface area (Å²) in [5.41, 5.74) is 0. The molecule has 0 heterocycles. The number of unbranched alkanes of at least 4 members (excludes halogenated alkanes) is 10. The number of nitrogens with zero attached hydrogens (tertiary/aromatic N) is 1. The Labute approximate surface area is 251 Å². The molecule has 0 fully saturated rings. The molecule has 0 aliphatic carbocycles. The molecule has 0 bridgehead atoms. The molecule has 0 saturated carbocycles. The Morgan fingerprint density at radius 3 is 2.10 bits per heavy atom. The van der Waals surface area contributed by atoms with Crippen LogP contribution >= 0.6 is 7.82 Å². The zero-order chi connectivity index (χ0) is 30.8. The summed E-state index contributed by atoms with van der Waals surface area (Å²) < 4.78 is 23.2. The molecule has 0 radical (unpaired) electrons. The van der Waals surface area contributed by atoms with Gasteiger partial charge in [-0.2, -0.15) is 0 Å². The van der Waals surface area contributed by atoms with Crippen LogP contribution in [0.3, 0.4) is 0 Å². The molecule has 1 amide bonds. The summed E-state index contributed by atoms with van der Waals surface area (Å²) in [6.07, 6.45) is 26.6. The highest BCUT2D eigenvalue weighted by molar-refractivity contribution is 7.47. The third-order valence-electron chi connectivity index (χ3n) is 6.59. The fraction of sp³-hybridized carbons (Fsp3) is 0.781. The molecule has 8 nitrogen and oxygen atoms in total. The fourth-order valence-corrected chi connectivity index (χ4v) is 4.69. The topological polar surface area (TPSA) is 105 Å². The maximum absolute atomic E-state index is 12.6. The normalized spacial score (nSPS) is 15.6. The summed E-state index contributed by atoms with van der Waals surface area (Å²) in [4.78, 5) is 22.7. The number of carbonyl (C=O) groups excluding carboxylic acids is 1. The number of phosphoric acid groups is 1. The van der Waals surface area contributed by atoms with Crippen LogP contribution in [0.25, 0.3) is 0 Å². The van der Waals surface area contributed by atoms with Crippen LogP contribution in [0.5, 0.6) is 0 Å². The number of nitrogens with one attached hydrogen (secondary N) is 1. The first kappa shape index (κ1) is 39.7. The van der Waals surface area contributed by atoms with Crippen molar-refractivity contribution in [3.63, 3.8) is 0 Å². The quantitative estimate of drug-likeness (QED) is 0.0397. The van der Waals surface area contributed by atoms with Gasteiger partial charge >= 0.3 is 7.82 Å². The molecule has 0 aliphatic heterocycles. The van der Waals surface area contributed by atoms with E-state index in [1.54, 1.807) is 6.08 Å². The lowest BCUT2D eigenvalue weighted by Crippen LogP contribution is -2.45. The predicted octanol–water partition coefficient (Wildman–Crippen LogP) is 7.23. The van der Waals surface area contributed by atoms with E-state index >= 15 is 0 Å². The fourth-order valence-electron chi connectivity index (χ4n) is 3.96. The summed E-state index contributed by atoms with van der Waals surface area (Å²) in [7, 11) is 1.55. The highest BCUT2D eigenvalue weighted by atomic mass is 31.2. The Morgan fingerprint density at radius 1 is 0.829 bits per heavy atom. The number of aliphatic hydroxyl groups excluding tert-OH is 1. The maximum atomic E-state index is 12.6. The van der Waals surface area contributed by atoms with Gasteiger partial charge in [0.05, 0.1) is 39.9 Å². The lowest BCUT2D eigenvalue weighted by molar-refractivity contribution is -0.870. The number of amides is 1. The SMILES string of the molecule is CCC/C=C\C/C=C\CCCCCCCC(=O)NC(COP(=O)(O)OCC[N+](C)(C)C)C(O)/C=C/CCCCCC. The third kappa shape index (κ3) is 27.3. The second-order valence-corrected chi connectivity index (χ2v) is 13.3. The second kappa shape index (κ2) is 25.2. The standard InChI is InChI=1S/C32H61N2O6P/c1-6-8-10-12-14-15-16-17-18-19-20-22-24-26-32(36)33-30(31(35)25-23-21-13-11-9-7-2)29-40-41(37,38)39-28-27-34(3,4)5/h10,12,15-16,23,25,30-31,35H,6-9,11,13-14,17-22,24,26-29H2,1-5H3,(H-,33,36,37,38)/p+1/b12-10-,16-15-,25-23+. The Bertz CT molecular complexity index is 779. The van der Waals surface area contributed by atoms with Crippen LogP contribution in [0, 0.1) is 0 Å². The van der Waals surface area contributed by atoms with Crippen molar-refractivity contribution in [1.29, 1.82) is 0 Å². The first-order valence-electron chi connectivity index (χ1n) is 15.9. The molecule has 3 atom stereocenters. The molecule has 240 valence electrons. The molecule has 0 aliphatic rings. The molecule has 41 heavy (non-hydrogen) atoms. The first-order valence-corrected chi connectivity index (χ1v) is 17.4. The van der Waals surface area contributed by atoms with E-state index in [2.05, 4.69) is 43.5 Å². The van der Waals surface area contributed by atoms with E-state index < -0.39 is 20.0 Å². The lowest BCUT2D eigenvalue weighted by atomic mass is 10.1. The van der Waals surface area contributed by atoms with Gasteiger partial charge in [0.25, 0.3) is 0 Å². The Morgan fingerprint density at radius 2 is 1.44 bits per heavy atom. The van der Waals surface area contributed by atoms with E-state index in [1.807, 2.05) is 27.2 Å². The smallest absolute Gasteiger partial charge is 0.387 e. The molecule has 0 saturated heterocycles. The van der Waals surface area contributed by atoms with Crippen molar-refractivity contribution in [3.8, 4) is 0 Å². The summed E-state index contributed by atoms with van der Waals surface area (Å²) in [6, 6.07) is -0.847. The van der Waals surface area contributed by atoms with Gasteiger partial charge < -0.3 is 19.8 Å². The summed E-state index contributed by atoms with van der Waals surface area (Å²) in [5, 5.41) is 13.5. The van der Waals surface area contributed by atoms with Crippen LogP contribution in [0.4, 0.5) is 0 Å². The molecular weight excluding hydrogens is 539 g/mol. The Balaban J connectivity index is 4.57. The van der Waals surface area contributed by atoms with Gasteiger partial charge in [0.15, 0.2) is 0 Å². The molecular formula is C32H62N2O6P+. The predicted molar refractivity (Wildman–Crippen MR) is 171 cm³/mol. The van der Waals surface area contributed by atoms with Gasteiger partial charge in [-0.25, -0.2) is 4.57 Å². The summed E-state index contributed by atoms with van der Waals surface area (Å²) in [6.45, 7) is 4.61. The zero-order valence-electron chi connectivity index (χ0n) is 26.8. The zero-order valence-corrected chi connectivity index (χ0v) is 27.7. The summed E-state index contributed by atoms with van der Waals surface area (Å²) >= 11 is 0. The van der Waals surface area contributed by atoms with Gasteiger partial charge in [-0.1, -0.05) is 95.2 Å². The van der Waals surface area contributed by atoms with Crippen LogP contribution in [0.15, 0.2) is 36.5 Å². The van der Waals surface area contributed by atoms with Crippen LogP contribution in [-0.2, 0) is 18.4 Å². The van der Waals surface area contributed by atoms with Gasteiger partial charge in [0, 0.05) is 6.42 Å². The van der Waals surface area contributed by atoms with E-state index in [4.69, 9.17) is 9.05 Å². The number of aliphatic hydroxyl groups is 1. The first-order chi connectivity index (χ1) is 19.5. The van der Waals surface area contributed by atoms with Crippen molar-refractivity contribution in [2.45, 2.75) is 122 Å². The van der Waals surface area contributed by atoms with Crippen molar-refractivity contribution in [3.05, 3.63) is 36.5 Å². The van der Waals surface area contributed by atoms with Gasteiger partial charge in [-0.05, 0) is 44.9 Å². The van der Waals surface area contributed by atoms with Crippen molar-refractivity contribution in [2.24, 2.45) is 0 Å². The number of hydrogen-bond donors (Lipinski definition) is 3. The molecule has 3 N–H and O–H groups in total. The summed E-state index contributed by atoms with van der Waals surface area (Å²) in [5.74, 6) is -0.202. The Hall–Kier alpha value is -1.28. The highest BCUT2D eigenvalue weighted by Crippen LogP contribution is 2.43. The van der Waals surface area contributed by atoms with E-state index in [1.165, 1.54) is 12.8 Å². The molecule has 0 spiro atoms. The largest absolute Gasteiger partial charge is 0.472 e. The van der Waals surface area contributed by atoms with E-state index in [0.29, 0.717) is 17.4 Å². The van der Waals surface area contributed by atoms with E-state index in [0.717, 1.165) is 77.0 Å². The minimum absolute atomic E-state index is 0.0567. The van der Waals surface area contributed by atoms with Gasteiger partial charge in [-0.15, -0.1) is 0 Å². The number of rotatable bonds is 27. The van der Waals surface area contributed by atoms with Gasteiger partial charge in [0.1, 0.15) is 13.2 Å². The van der Waals surface area contributed by atoms with Crippen LogP contribution in [-0.4, -0.2) is 73.4 Å². The van der Waals surface area contributed by atoms with Crippen molar-refractivity contribution in [1.82, 2.24) is 5.32 Å². The van der Waals surface area contributed by atoms with E-state index in [-0.39, 0.29) is 19.1 Å². The van der Waals surface area contributed by atoms with Crippen LogP contribution < -0.4 is 5.32 Å². The average molecular weight is 602 g/mol. The molecule has 0 aromatic rings. The number of likely N-dealkylation sites (N-methyl/N-ethyl adjacent to an activating group) is 1. The number of hydrogen-bond acceptors (Lipinski definition) is 5. The third-order valence-corrected chi connectivity index (χ3v) is 7.57.